The van der Waals surface area contributed by atoms with Crippen molar-refractivity contribution in [1.82, 2.24) is 14.8 Å². The molecule has 1 aromatic heterocycles. The van der Waals surface area contributed by atoms with Crippen LogP contribution in [0.2, 0.25) is 5.02 Å². The van der Waals surface area contributed by atoms with Crippen molar-refractivity contribution in [2.75, 3.05) is 12.9 Å². The molecule has 168 valence electrons. The number of hydrogen-bond acceptors (Lipinski definition) is 7. The van der Waals surface area contributed by atoms with E-state index in [2.05, 4.69) is 15.4 Å². The Bertz CT molecular complexity index is 1210. The molecular formula is C24H21ClN4O3S. The Morgan fingerprint density at radius 1 is 0.970 bits per heavy atom. The molecule has 0 saturated carbocycles. The molecule has 0 saturated heterocycles. The molecule has 0 fully saturated rings. The molecule has 0 aliphatic rings. The fourth-order valence-corrected chi connectivity index (χ4v) is 4.14. The van der Waals surface area contributed by atoms with Crippen LogP contribution in [-0.2, 0) is 6.61 Å². The van der Waals surface area contributed by atoms with Gasteiger partial charge < -0.3 is 14.7 Å². The lowest BCUT2D eigenvalue weighted by Crippen LogP contribution is -2.08. The van der Waals surface area contributed by atoms with Crippen LogP contribution in [-0.4, -0.2) is 38.5 Å². The number of thioether (sulfide) groups is 1. The molecule has 0 radical (unpaired) electrons. The highest BCUT2D eigenvalue weighted by Crippen LogP contribution is 2.25. The van der Waals surface area contributed by atoms with Gasteiger partial charge in [0.25, 0.3) is 0 Å². The molecule has 0 spiro atoms. The molecule has 0 amide bonds. The van der Waals surface area contributed by atoms with E-state index in [1.807, 2.05) is 71.3 Å². The molecule has 9 heteroatoms. The summed E-state index contributed by atoms with van der Waals surface area (Å²) >= 11 is 7.38. The predicted molar refractivity (Wildman–Crippen MR) is 129 cm³/mol. The summed E-state index contributed by atoms with van der Waals surface area (Å²) in [6.07, 6.45) is 0. The minimum absolute atomic E-state index is 0.229. The summed E-state index contributed by atoms with van der Waals surface area (Å²) < 4.78 is 13.1. The highest BCUT2D eigenvalue weighted by atomic mass is 35.5. The second-order valence-corrected chi connectivity index (χ2v) is 8.26. The van der Waals surface area contributed by atoms with Crippen molar-refractivity contribution in [2.45, 2.75) is 11.8 Å². The van der Waals surface area contributed by atoms with Gasteiger partial charge >= 0.3 is 0 Å². The first-order valence-electron chi connectivity index (χ1n) is 10.0. The second kappa shape index (κ2) is 10.9. The summed E-state index contributed by atoms with van der Waals surface area (Å²) in [5.41, 5.74) is 2.20. The number of hydrogen-bond donors (Lipinski definition) is 1. The molecule has 1 N–H and O–H groups in total. The van der Waals surface area contributed by atoms with Crippen LogP contribution in [0.5, 0.6) is 11.5 Å². The Hall–Kier alpha value is -3.49. The Morgan fingerprint density at radius 2 is 1.67 bits per heavy atom. The lowest BCUT2D eigenvalue weighted by molar-refractivity contribution is 0.292. The van der Waals surface area contributed by atoms with Crippen molar-refractivity contribution in [3.8, 4) is 17.2 Å². The molecule has 4 aromatic rings. The van der Waals surface area contributed by atoms with Crippen LogP contribution in [0.4, 0.5) is 0 Å². The van der Waals surface area contributed by atoms with Crippen molar-refractivity contribution >= 4 is 29.1 Å². The van der Waals surface area contributed by atoms with Gasteiger partial charge in [-0.2, -0.15) is 0 Å². The van der Waals surface area contributed by atoms with Gasteiger partial charge in [0.1, 0.15) is 18.1 Å². The quantitative estimate of drug-likeness (QED) is 0.148. The zero-order valence-electron chi connectivity index (χ0n) is 17.8. The van der Waals surface area contributed by atoms with Crippen molar-refractivity contribution < 1.29 is 14.7 Å². The minimum atomic E-state index is 0.229. The van der Waals surface area contributed by atoms with Crippen LogP contribution in [0.25, 0.3) is 5.69 Å². The van der Waals surface area contributed by atoms with Gasteiger partial charge in [-0.25, -0.2) is 0 Å². The molecule has 1 heterocycles. The third kappa shape index (κ3) is 5.66. The van der Waals surface area contributed by atoms with Gasteiger partial charge in [-0.3, -0.25) is 4.57 Å². The van der Waals surface area contributed by atoms with E-state index in [0.29, 0.717) is 33.2 Å². The SMILES string of the molecule is COc1ccc(OCc2nnc(SCC(=NO)c3ccc(Cl)cc3)n2-c2ccccc2)cc1. The van der Waals surface area contributed by atoms with Crippen molar-refractivity contribution in [3.63, 3.8) is 0 Å². The monoisotopic (exact) mass is 480 g/mol. The van der Waals surface area contributed by atoms with E-state index in [1.54, 1.807) is 19.2 Å². The number of benzene rings is 3. The van der Waals surface area contributed by atoms with E-state index in [0.717, 1.165) is 17.0 Å². The van der Waals surface area contributed by atoms with E-state index in [9.17, 15) is 5.21 Å². The first-order valence-corrected chi connectivity index (χ1v) is 11.4. The average molecular weight is 481 g/mol. The number of methoxy groups -OCH3 is 1. The summed E-state index contributed by atoms with van der Waals surface area (Å²) in [6.45, 7) is 0.229. The van der Waals surface area contributed by atoms with Gasteiger partial charge in [0.2, 0.25) is 0 Å². The van der Waals surface area contributed by atoms with E-state index in [4.69, 9.17) is 21.1 Å². The first kappa shape index (κ1) is 22.7. The molecule has 0 unspecified atom stereocenters. The summed E-state index contributed by atoms with van der Waals surface area (Å²) in [7, 11) is 1.62. The fraction of sp³-hybridized carbons (Fsp3) is 0.125. The van der Waals surface area contributed by atoms with Gasteiger partial charge in [-0.05, 0) is 48.5 Å². The molecule has 7 nitrogen and oxygen atoms in total. The summed E-state index contributed by atoms with van der Waals surface area (Å²) in [5, 5.41) is 23.0. The van der Waals surface area contributed by atoms with Crippen LogP contribution in [0.15, 0.2) is 89.2 Å². The van der Waals surface area contributed by atoms with E-state index in [-0.39, 0.29) is 6.61 Å². The fourth-order valence-electron chi connectivity index (χ4n) is 3.09. The largest absolute Gasteiger partial charge is 0.497 e. The predicted octanol–water partition coefficient (Wildman–Crippen LogP) is 5.48. The van der Waals surface area contributed by atoms with E-state index < -0.39 is 0 Å². The van der Waals surface area contributed by atoms with Gasteiger partial charge in [0.15, 0.2) is 11.0 Å². The topological polar surface area (TPSA) is 81.8 Å². The third-order valence-corrected chi connectivity index (χ3v) is 5.97. The maximum absolute atomic E-state index is 9.54. The van der Waals surface area contributed by atoms with Crippen molar-refractivity contribution in [3.05, 3.63) is 95.3 Å². The number of aromatic nitrogens is 3. The van der Waals surface area contributed by atoms with Crippen LogP contribution in [0, 0.1) is 0 Å². The molecular weight excluding hydrogens is 460 g/mol. The van der Waals surface area contributed by atoms with Crippen molar-refractivity contribution in [1.29, 1.82) is 0 Å². The first-order chi connectivity index (χ1) is 16.2. The van der Waals surface area contributed by atoms with Gasteiger partial charge in [-0.1, -0.05) is 58.9 Å². The molecule has 33 heavy (non-hydrogen) atoms. The van der Waals surface area contributed by atoms with Gasteiger partial charge in [0.05, 0.1) is 12.8 Å². The van der Waals surface area contributed by atoms with Gasteiger partial charge in [-0.15, -0.1) is 10.2 Å². The zero-order valence-corrected chi connectivity index (χ0v) is 19.3. The zero-order chi connectivity index (χ0) is 23.0. The Kier molecular flexibility index (Phi) is 7.49. The second-order valence-electron chi connectivity index (χ2n) is 6.88. The number of para-hydroxylation sites is 1. The van der Waals surface area contributed by atoms with Crippen LogP contribution >= 0.6 is 23.4 Å². The van der Waals surface area contributed by atoms with Gasteiger partial charge in [0, 0.05) is 22.0 Å². The maximum Gasteiger partial charge on any atom is 0.196 e. The Morgan fingerprint density at radius 3 is 2.33 bits per heavy atom. The lowest BCUT2D eigenvalue weighted by Gasteiger charge is -2.12. The summed E-state index contributed by atoms with van der Waals surface area (Å²) in [6, 6.07) is 24.3. The number of oxime groups is 1. The maximum atomic E-state index is 9.54. The number of rotatable bonds is 9. The van der Waals surface area contributed by atoms with Crippen molar-refractivity contribution in [2.24, 2.45) is 5.16 Å². The van der Waals surface area contributed by atoms with Crippen LogP contribution in [0.1, 0.15) is 11.4 Å². The third-order valence-electron chi connectivity index (χ3n) is 4.78. The Balaban J connectivity index is 1.55. The molecule has 3 aromatic carbocycles. The highest BCUT2D eigenvalue weighted by Gasteiger charge is 2.17. The minimum Gasteiger partial charge on any atom is -0.497 e. The number of nitrogens with zero attached hydrogens (tertiary/aromatic N) is 4. The smallest absolute Gasteiger partial charge is 0.196 e. The summed E-state index contributed by atoms with van der Waals surface area (Å²) in [5.74, 6) is 2.50. The lowest BCUT2D eigenvalue weighted by atomic mass is 10.1. The standard InChI is InChI=1S/C24H21ClN4O3S/c1-31-20-11-13-21(14-12-20)32-15-23-26-27-24(29(23)19-5-3-2-4-6-19)33-16-22(28-30)17-7-9-18(25)10-8-17/h2-14,30H,15-16H2,1H3. The number of ether oxygens (including phenoxy) is 2. The molecule has 4 rings (SSSR count). The normalized spacial score (nSPS) is 11.4. The molecule has 0 aliphatic heterocycles. The summed E-state index contributed by atoms with van der Waals surface area (Å²) in [4.78, 5) is 0. The Labute approximate surface area is 200 Å². The van der Waals surface area contributed by atoms with Crippen LogP contribution in [0.3, 0.4) is 0 Å². The highest BCUT2D eigenvalue weighted by molar-refractivity contribution is 7.99. The molecule has 0 aliphatic carbocycles. The van der Waals surface area contributed by atoms with E-state index in [1.165, 1.54) is 11.8 Å². The average Bonchev–Trinajstić information content (AvgIpc) is 3.27. The van der Waals surface area contributed by atoms with E-state index >= 15 is 0 Å². The number of halogens is 1. The molecule has 0 atom stereocenters. The van der Waals surface area contributed by atoms with Crippen LogP contribution < -0.4 is 9.47 Å². The molecule has 0 bridgehead atoms.